The van der Waals surface area contributed by atoms with Crippen LogP contribution in [-0.4, -0.2) is 35.9 Å². The van der Waals surface area contributed by atoms with E-state index in [4.69, 9.17) is 9.47 Å². The highest BCUT2D eigenvalue weighted by molar-refractivity contribution is 9.10. The number of amides is 1. The number of benzene rings is 2. The lowest BCUT2D eigenvalue weighted by Crippen LogP contribution is -2.32. The number of carbonyl (C=O) groups excluding carboxylic acids is 1. The van der Waals surface area contributed by atoms with Crippen molar-refractivity contribution < 1.29 is 14.3 Å². The lowest BCUT2D eigenvalue weighted by Gasteiger charge is -2.10. The van der Waals surface area contributed by atoms with Gasteiger partial charge in [-0.1, -0.05) is 0 Å². The highest BCUT2D eigenvalue weighted by atomic mass is 79.9. The van der Waals surface area contributed by atoms with E-state index >= 15 is 0 Å². The zero-order valence-corrected chi connectivity index (χ0v) is 18.3. The van der Waals surface area contributed by atoms with Crippen LogP contribution in [0.3, 0.4) is 0 Å². The zero-order valence-electron chi connectivity index (χ0n) is 16.7. The summed E-state index contributed by atoms with van der Waals surface area (Å²) in [6.07, 6.45) is 0. The van der Waals surface area contributed by atoms with Crippen molar-refractivity contribution in [1.82, 2.24) is 15.1 Å². The minimum Gasteiger partial charge on any atom is -0.497 e. The van der Waals surface area contributed by atoms with Crippen LogP contribution >= 0.6 is 15.9 Å². The molecular weight excluding hydrogens is 450 g/mol. The number of hydrogen-bond donors (Lipinski definition) is 1. The van der Waals surface area contributed by atoms with Crippen molar-refractivity contribution in [2.45, 2.75) is 13.5 Å². The van der Waals surface area contributed by atoms with Crippen molar-refractivity contribution in [3.8, 4) is 22.8 Å². The molecule has 7 nitrogen and oxygen atoms in total. The first-order chi connectivity index (χ1) is 14.5. The summed E-state index contributed by atoms with van der Waals surface area (Å²) in [5, 5.41) is 7.22. The molecule has 0 bridgehead atoms. The van der Waals surface area contributed by atoms with E-state index in [9.17, 15) is 9.59 Å². The molecule has 0 unspecified atom stereocenters. The first-order valence-corrected chi connectivity index (χ1v) is 10.2. The first-order valence-electron chi connectivity index (χ1n) is 9.45. The Morgan fingerprint density at radius 2 is 1.83 bits per heavy atom. The summed E-state index contributed by atoms with van der Waals surface area (Å²) in [5.74, 6) is 1.10. The van der Waals surface area contributed by atoms with Crippen molar-refractivity contribution >= 4 is 21.8 Å². The number of carbonyl (C=O) groups is 1. The van der Waals surface area contributed by atoms with E-state index in [0.29, 0.717) is 28.1 Å². The van der Waals surface area contributed by atoms with Crippen LogP contribution in [0.4, 0.5) is 0 Å². The fraction of sp³-hybridized carbons (Fsp3) is 0.227. The second-order valence-electron chi connectivity index (χ2n) is 6.34. The van der Waals surface area contributed by atoms with Gasteiger partial charge in [0.1, 0.15) is 11.5 Å². The highest BCUT2D eigenvalue weighted by Gasteiger charge is 2.11. The summed E-state index contributed by atoms with van der Waals surface area (Å²) in [6, 6.07) is 15.8. The van der Waals surface area contributed by atoms with Crippen LogP contribution in [0.2, 0.25) is 0 Å². The molecule has 1 N–H and O–H groups in total. The van der Waals surface area contributed by atoms with E-state index < -0.39 is 0 Å². The average Bonchev–Trinajstić information content (AvgIpc) is 2.76. The van der Waals surface area contributed by atoms with E-state index in [1.807, 2.05) is 31.2 Å². The molecule has 1 amide bonds. The van der Waals surface area contributed by atoms with Crippen LogP contribution in [-0.2, 0) is 6.54 Å². The quantitative estimate of drug-likeness (QED) is 0.543. The standard InChI is InChI=1S/C22H22BrN3O4/c1-3-30-16-6-4-15(5-7-16)20-10-11-21(27)26(25-20)13-12-24-22(28)18-14-17(29-2)8-9-19(18)23/h4-11,14H,3,12-13H2,1-2H3,(H,24,28). The third-order valence-corrected chi connectivity index (χ3v) is 5.05. The van der Waals surface area contributed by atoms with Crippen molar-refractivity contribution in [3.05, 3.63) is 75.0 Å². The molecule has 0 aliphatic rings. The van der Waals surface area contributed by atoms with Crippen LogP contribution < -0.4 is 20.3 Å². The second kappa shape index (κ2) is 10.1. The summed E-state index contributed by atoms with van der Waals surface area (Å²) >= 11 is 3.37. The van der Waals surface area contributed by atoms with Crippen LogP contribution in [0.15, 0.2) is 63.9 Å². The first kappa shape index (κ1) is 21.6. The molecule has 0 spiro atoms. The van der Waals surface area contributed by atoms with Crippen LogP contribution in [0, 0.1) is 0 Å². The predicted octanol–water partition coefficient (Wildman–Crippen LogP) is 3.51. The van der Waals surface area contributed by atoms with Crippen LogP contribution in [0.1, 0.15) is 17.3 Å². The molecule has 1 heterocycles. The van der Waals surface area contributed by atoms with E-state index in [0.717, 1.165) is 11.3 Å². The normalized spacial score (nSPS) is 10.5. The van der Waals surface area contributed by atoms with Gasteiger partial charge in [0.2, 0.25) is 0 Å². The summed E-state index contributed by atoms with van der Waals surface area (Å²) in [4.78, 5) is 24.6. The molecule has 30 heavy (non-hydrogen) atoms. The minimum atomic E-state index is -0.267. The molecule has 0 fully saturated rings. The number of nitrogens with zero attached hydrogens (tertiary/aromatic N) is 2. The van der Waals surface area contributed by atoms with Gasteiger partial charge in [-0.25, -0.2) is 4.68 Å². The number of aromatic nitrogens is 2. The Kier molecular flexibility index (Phi) is 7.24. The Morgan fingerprint density at radius 1 is 1.10 bits per heavy atom. The van der Waals surface area contributed by atoms with Crippen molar-refractivity contribution in [1.29, 1.82) is 0 Å². The smallest absolute Gasteiger partial charge is 0.266 e. The number of nitrogens with one attached hydrogen (secondary N) is 1. The van der Waals surface area contributed by atoms with Gasteiger partial charge in [-0.05, 0) is 71.4 Å². The average molecular weight is 472 g/mol. The Bertz CT molecular complexity index is 1080. The fourth-order valence-corrected chi connectivity index (χ4v) is 3.25. The van der Waals surface area contributed by atoms with Crippen molar-refractivity contribution in [2.75, 3.05) is 20.3 Å². The largest absolute Gasteiger partial charge is 0.497 e. The number of ether oxygens (including phenoxy) is 2. The molecule has 0 atom stereocenters. The van der Waals surface area contributed by atoms with E-state index in [2.05, 4.69) is 26.3 Å². The molecule has 0 aliphatic carbocycles. The van der Waals surface area contributed by atoms with Gasteiger partial charge in [0.25, 0.3) is 11.5 Å². The summed E-state index contributed by atoms with van der Waals surface area (Å²) in [7, 11) is 1.54. The van der Waals surface area contributed by atoms with Gasteiger partial charge < -0.3 is 14.8 Å². The minimum absolute atomic E-state index is 0.235. The third-order valence-electron chi connectivity index (χ3n) is 4.36. The monoisotopic (exact) mass is 471 g/mol. The lowest BCUT2D eigenvalue weighted by atomic mass is 10.1. The van der Waals surface area contributed by atoms with Crippen molar-refractivity contribution in [3.63, 3.8) is 0 Å². The van der Waals surface area contributed by atoms with E-state index in [1.54, 1.807) is 31.4 Å². The molecular formula is C22H22BrN3O4. The molecule has 2 aromatic carbocycles. The molecule has 8 heteroatoms. The summed E-state index contributed by atoms with van der Waals surface area (Å²) < 4.78 is 12.6. The third kappa shape index (κ3) is 5.27. The second-order valence-corrected chi connectivity index (χ2v) is 7.19. The van der Waals surface area contributed by atoms with Gasteiger partial charge in [0.15, 0.2) is 0 Å². The van der Waals surface area contributed by atoms with Gasteiger partial charge in [0, 0.05) is 22.6 Å². The maximum absolute atomic E-state index is 12.5. The Balaban J connectivity index is 1.68. The number of methoxy groups -OCH3 is 1. The molecule has 3 rings (SSSR count). The van der Waals surface area contributed by atoms with E-state index in [1.165, 1.54) is 10.7 Å². The predicted molar refractivity (Wildman–Crippen MR) is 118 cm³/mol. The van der Waals surface area contributed by atoms with Gasteiger partial charge in [-0.3, -0.25) is 9.59 Å². The van der Waals surface area contributed by atoms with Crippen LogP contribution in [0.5, 0.6) is 11.5 Å². The maximum atomic E-state index is 12.5. The summed E-state index contributed by atoms with van der Waals surface area (Å²) in [5.41, 5.74) is 1.76. The van der Waals surface area contributed by atoms with Gasteiger partial charge >= 0.3 is 0 Å². The Labute approximate surface area is 182 Å². The number of halogens is 1. The van der Waals surface area contributed by atoms with Gasteiger partial charge in [-0.15, -0.1) is 0 Å². The highest BCUT2D eigenvalue weighted by Crippen LogP contribution is 2.22. The van der Waals surface area contributed by atoms with Gasteiger partial charge in [0.05, 0.1) is 31.5 Å². The number of hydrogen-bond acceptors (Lipinski definition) is 5. The van der Waals surface area contributed by atoms with Crippen LogP contribution in [0.25, 0.3) is 11.3 Å². The van der Waals surface area contributed by atoms with Crippen molar-refractivity contribution in [2.24, 2.45) is 0 Å². The Hall–Kier alpha value is -3.13. The SMILES string of the molecule is CCOc1ccc(-c2ccc(=O)n(CCNC(=O)c3cc(OC)ccc3Br)n2)cc1. The van der Waals surface area contributed by atoms with Gasteiger partial charge in [-0.2, -0.15) is 5.10 Å². The molecule has 1 aromatic heterocycles. The Morgan fingerprint density at radius 3 is 2.53 bits per heavy atom. The lowest BCUT2D eigenvalue weighted by molar-refractivity contribution is 0.0950. The topological polar surface area (TPSA) is 82.5 Å². The molecule has 3 aromatic rings. The maximum Gasteiger partial charge on any atom is 0.266 e. The molecule has 0 aliphatic heterocycles. The zero-order chi connectivity index (χ0) is 21.5. The summed E-state index contributed by atoms with van der Waals surface area (Å²) in [6.45, 7) is 3.02. The molecule has 156 valence electrons. The molecule has 0 saturated heterocycles. The molecule has 0 radical (unpaired) electrons. The fourth-order valence-electron chi connectivity index (χ4n) is 2.83. The number of rotatable bonds is 8. The van der Waals surface area contributed by atoms with E-state index in [-0.39, 0.29) is 24.6 Å². The molecule has 0 saturated carbocycles.